The van der Waals surface area contributed by atoms with Crippen molar-refractivity contribution in [2.24, 2.45) is 0 Å². The number of rotatable bonds is 2. The predicted molar refractivity (Wildman–Crippen MR) is 60.4 cm³/mol. The lowest BCUT2D eigenvalue weighted by atomic mass is 9.99. The summed E-state index contributed by atoms with van der Waals surface area (Å²) in [6.07, 6.45) is 4.28. The Balaban J connectivity index is 2.16. The van der Waals surface area contributed by atoms with Gasteiger partial charge in [-0.2, -0.15) is 0 Å². The van der Waals surface area contributed by atoms with Gasteiger partial charge in [0.1, 0.15) is 5.69 Å². The van der Waals surface area contributed by atoms with Crippen LogP contribution in [0, 0.1) is 0 Å². The van der Waals surface area contributed by atoms with Crippen molar-refractivity contribution in [3.63, 3.8) is 0 Å². The van der Waals surface area contributed by atoms with Gasteiger partial charge in [0, 0.05) is 18.7 Å². The molecular weight excluding hydrogens is 206 g/mol. The minimum absolute atomic E-state index is 0.0649. The van der Waals surface area contributed by atoms with Crippen LogP contribution in [0.5, 0.6) is 0 Å². The summed E-state index contributed by atoms with van der Waals surface area (Å²) in [6.45, 7) is 2.89. The third kappa shape index (κ3) is 2.03. The molecule has 1 atom stereocenters. The molecular formula is C11H17N3O2. The molecule has 0 radical (unpaired) electrons. The van der Waals surface area contributed by atoms with Crippen LogP contribution in [-0.2, 0) is 0 Å². The second kappa shape index (κ2) is 4.55. The van der Waals surface area contributed by atoms with E-state index in [0.717, 1.165) is 25.8 Å². The molecule has 0 aliphatic carbocycles. The first-order chi connectivity index (χ1) is 7.72. The van der Waals surface area contributed by atoms with Crippen molar-refractivity contribution >= 4 is 5.91 Å². The van der Waals surface area contributed by atoms with E-state index in [1.807, 2.05) is 4.90 Å². The van der Waals surface area contributed by atoms with Crippen molar-refractivity contribution in [2.45, 2.75) is 38.6 Å². The number of carbonyl (C=O) groups is 1. The summed E-state index contributed by atoms with van der Waals surface area (Å²) >= 11 is 0. The molecule has 2 N–H and O–H groups in total. The molecule has 1 unspecified atom stereocenters. The number of nitrogens with one attached hydrogen (secondary N) is 2. The molecule has 0 bridgehead atoms. The number of carbonyl (C=O) groups excluding carboxylic acids is 1. The normalized spacial score (nSPS) is 21.1. The Bertz CT molecular complexity index is 421. The van der Waals surface area contributed by atoms with Crippen LogP contribution in [0.4, 0.5) is 0 Å². The molecule has 88 valence electrons. The maximum Gasteiger partial charge on any atom is 0.272 e. The topological polar surface area (TPSA) is 69.0 Å². The van der Waals surface area contributed by atoms with E-state index < -0.39 is 0 Å². The van der Waals surface area contributed by atoms with Gasteiger partial charge in [-0.25, -0.2) is 0 Å². The third-order valence-electron chi connectivity index (χ3n) is 3.19. The number of H-pyrrole nitrogens is 2. The van der Waals surface area contributed by atoms with Gasteiger partial charge in [-0.1, -0.05) is 6.92 Å². The summed E-state index contributed by atoms with van der Waals surface area (Å²) in [5, 5.41) is 5.01. The molecule has 1 aromatic heterocycles. The van der Waals surface area contributed by atoms with Gasteiger partial charge in [0.25, 0.3) is 11.5 Å². The number of hydrogen-bond donors (Lipinski definition) is 2. The van der Waals surface area contributed by atoms with Crippen LogP contribution in [-0.4, -0.2) is 33.6 Å². The van der Waals surface area contributed by atoms with Crippen molar-refractivity contribution in [1.82, 2.24) is 15.1 Å². The number of nitrogens with zero attached hydrogens (tertiary/aromatic N) is 1. The molecule has 0 aromatic carbocycles. The van der Waals surface area contributed by atoms with Crippen LogP contribution in [0.2, 0.25) is 0 Å². The highest BCUT2D eigenvalue weighted by atomic mass is 16.2. The lowest BCUT2D eigenvalue weighted by molar-refractivity contribution is 0.0602. The average molecular weight is 223 g/mol. The Hall–Kier alpha value is -1.52. The van der Waals surface area contributed by atoms with Crippen LogP contribution in [0.1, 0.15) is 43.1 Å². The first-order valence-corrected chi connectivity index (χ1v) is 5.81. The van der Waals surface area contributed by atoms with Crippen LogP contribution >= 0.6 is 0 Å². The second-order valence-corrected chi connectivity index (χ2v) is 4.23. The van der Waals surface area contributed by atoms with Gasteiger partial charge in [-0.3, -0.25) is 19.8 Å². The molecule has 5 nitrogen and oxygen atoms in total. The molecule has 0 saturated carbocycles. The van der Waals surface area contributed by atoms with E-state index >= 15 is 0 Å². The fourth-order valence-electron chi connectivity index (χ4n) is 2.29. The van der Waals surface area contributed by atoms with Crippen molar-refractivity contribution < 1.29 is 4.79 Å². The van der Waals surface area contributed by atoms with Gasteiger partial charge in [0.15, 0.2) is 0 Å². The summed E-state index contributed by atoms with van der Waals surface area (Å²) in [6, 6.07) is 1.64. The summed E-state index contributed by atoms with van der Waals surface area (Å²) < 4.78 is 0. The largest absolute Gasteiger partial charge is 0.334 e. The fraction of sp³-hybridized carbons (Fsp3) is 0.636. The van der Waals surface area contributed by atoms with Crippen LogP contribution < -0.4 is 5.56 Å². The van der Waals surface area contributed by atoms with E-state index in [0.29, 0.717) is 11.7 Å². The van der Waals surface area contributed by atoms with Gasteiger partial charge < -0.3 is 4.90 Å². The van der Waals surface area contributed by atoms with Gasteiger partial charge in [0.05, 0.1) is 0 Å². The number of piperidine rings is 1. The fourth-order valence-corrected chi connectivity index (χ4v) is 2.29. The van der Waals surface area contributed by atoms with E-state index in [-0.39, 0.29) is 11.5 Å². The number of likely N-dealkylation sites (tertiary alicyclic amines) is 1. The monoisotopic (exact) mass is 223 g/mol. The average Bonchev–Trinajstić information content (AvgIpc) is 2.75. The summed E-state index contributed by atoms with van der Waals surface area (Å²) in [5.74, 6) is -0.0649. The second-order valence-electron chi connectivity index (χ2n) is 4.23. The Labute approximate surface area is 93.8 Å². The minimum atomic E-state index is -0.256. The molecule has 0 spiro atoms. The molecule has 16 heavy (non-hydrogen) atoms. The van der Waals surface area contributed by atoms with E-state index in [1.54, 1.807) is 0 Å². The molecule has 1 aliphatic rings. The Morgan fingerprint density at radius 1 is 1.50 bits per heavy atom. The molecule has 1 amide bonds. The summed E-state index contributed by atoms with van der Waals surface area (Å²) in [5.41, 5.74) is 0.110. The van der Waals surface area contributed by atoms with Crippen LogP contribution in [0.25, 0.3) is 0 Å². The van der Waals surface area contributed by atoms with E-state index in [1.165, 1.54) is 12.5 Å². The highest BCUT2D eigenvalue weighted by molar-refractivity contribution is 5.92. The lowest BCUT2D eigenvalue weighted by Crippen LogP contribution is -2.43. The molecule has 1 aromatic rings. The molecule has 1 saturated heterocycles. The van der Waals surface area contributed by atoms with Crippen molar-refractivity contribution in [3.8, 4) is 0 Å². The maximum atomic E-state index is 12.1. The molecule has 1 fully saturated rings. The number of amides is 1. The lowest BCUT2D eigenvalue weighted by Gasteiger charge is -2.34. The third-order valence-corrected chi connectivity index (χ3v) is 3.19. The zero-order valence-electron chi connectivity index (χ0n) is 9.45. The molecule has 1 aliphatic heterocycles. The van der Waals surface area contributed by atoms with Gasteiger partial charge in [0.2, 0.25) is 0 Å². The minimum Gasteiger partial charge on any atom is -0.334 e. The van der Waals surface area contributed by atoms with Gasteiger partial charge in [-0.15, -0.1) is 0 Å². The zero-order valence-corrected chi connectivity index (χ0v) is 9.45. The number of aromatic amines is 2. The van der Waals surface area contributed by atoms with Gasteiger partial charge in [-0.05, 0) is 25.7 Å². The Morgan fingerprint density at radius 2 is 2.31 bits per heavy atom. The number of aromatic nitrogens is 2. The van der Waals surface area contributed by atoms with Crippen LogP contribution in [0.15, 0.2) is 10.9 Å². The van der Waals surface area contributed by atoms with Gasteiger partial charge >= 0.3 is 0 Å². The summed E-state index contributed by atoms with van der Waals surface area (Å²) in [4.78, 5) is 25.0. The quantitative estimate of drug-likeness (QED) is 0.788. The first kappa shape index (κ1) is 11.0. The molecule has 2 heterocycles. The van der Waals surface area contributed by atoms with Crippen molar-refractivity contribution in [2.75, 3.05) is 6.54 Å². The Morgan fingerprint density at radius 3 is 2.94 bits per heavy atom. The Kier molecular flexibility index (Phi) is 3.12. The molecule has 2 rings (SSSR count). The SMILES string of the molecule is CCC1CCCCN1C(=O)c1cc(=O)[nH][nH]1. The smallest absolute Gasteiger partial charge is 0.272 e. The maximum absolute atomic E-state index is 12.1. The highest BCUT2D eigenvalue weighted by Gasteiger charge is 2.26. The van der Waals surface area contributed by atoms with E-state index in [2.05, 4.69) is 17.1 Å². The number of hydrogen-bond acceptors (Lipinski definition) is 2. The van der Waals surface area contributed by atoms with Crippen molar-refractivity contribution in [1.29, 1.82) is 0 Å². The van der Waals surface area contributed by atoms with E-state index in [4.69, 9.17) is 0 Å². The van der Waals surface area contributed by atoms with Crippen LogP contribution in [0.3, 0.4) is 0 Å². The standard InChI is InChI=1S/C11H17N3O2/c1-2-8-5-3-4-6-14(8)11(16)9-7-10(15)13-12-9/h7-8H,2-6H2,1H3,(H2,12,13,15). The highest BCUT2D eigenvalue weighted by Crippen LogP contribution is 2.20. The zero-order chi connectivity index (χ0) is 11.5. The summed E-state index contributed by atoms with van der Waals surface area (Å²) in [7, 11) is 0. The molecule has 5 heteroatoms. The first-order valence-electron chi connectivity index (χ1n) is 5.81. The van der Waals surface area contributed by atoms with Crippen molar-refractivity contribution in [3.05, 3.63) is 22.1 Å². The predicted octanol–water partition coefficient (Wildman–Crippen LogP) is 1.11. The van der Waals surface area contributed by atoms with E-state index in [9.17, 15) is 9.59 Å².